The van der Waals surface area contributed by atoms with Crippen LogP contribution in [-0.4, -0.2) is 53.6 Å². The lowest BCUT2D eigenvalue weighted by molar-refractivity contribution is -0.136. The van der Waals surface area contributed by atoms with Crippen LogP contribution in [-0.2, 0) is 22.6 Å². The Morgan fingerprint density at radius 1 is 1.14 bits per heavy atom. The van der Waals surface area contributed by atoms with Crippen LogP contribution in [0.4, 0.5) is 4.79 Å². The molecule has 0 aliphatic carbocycles. The number of ether oxygens (including phenoxy) is 2. The third kappa shape index (κ3) is 6.56. The van der Waals surface area contributed by atoms with E-state index in [2.05, 4.69) is 6.58 Å². The molecule has 3 amide bonds. The van der Waals surface area contributed by atoms with Crippen molar-refractivity contribution < 1.29 is 23.9 Å². The van der Waals surface area contributed by atoms with Gasteiger partial charge in [0.25, 0.3) is 11.1 Å². The first-order valence-electron chi connectivity index (χ1n) is 12.1. The minimum Gasteiger partial charge on any atom is -0.493 e. The first kappa shape index (κ1) is 26.8. The van der Waals surface area contributed by atoms with Crippen LogP contribution in [0.5, 0.6) is 11.5 Å². The van der Waals surface area contributed by atoms with E-state index in [1.807, 2.05) is 18.2 Å². The number of piperidine rings is 1. The largest absolute Gasteiger partial charge is 0.493 e. The topological polar surface area (TPSA) is 76.2 Å². The lowest BCUT2D eigenvalue weighted by Crippen LogP contribution is -2.44. The van der Waals surface area contributed by atoms with Crippen LogP contribution in [0.1, 0.15) is 36.0 Å². The Balaban J connectivity index is 1.53. The molecule has 0 bridgehead atoms. The van der Waals surface area contributed by atoms with Crippen LogP contribution in [0.3, 0.4) is 0 Å². The van der Waals surface area contributed by atoms with Gasteiger partial charge in [0.15, 0.2) is 11.5 Å². The van der Waals surface area contributed by atoms with Crippen molar-refractivity contribution in [2.75, 3.05) is 26.7 Å². The highest BCUT2D eigenvalue weighted by Gasteiger charge is 2.37. The fourth-order valence-corrected chi connectivity index (χ4v) is 5.26. The van der Waals surface area contributed by atoms with Gasteiger partial charge in [0.1, 0.15) is 13.2 Å². The van der Waals surface area contributed by atoms with Crippen molar-refractivity contribution in [1.82, 2.24) is 9.80 Å². The van der Waals surface area contributed by atoms with E-state index in [4.69, 9.17) is 21.1 Å². The molecule has 0 spiro atoms. The minimum atomic E-state index is -0.465. The predicted octanol–water partition coefficient (Wildman–Crippen LogP) is 5.70. The molecule has 2 aromatic rings. The van der Waals surface area contributed by atoms with Crippen LogP contribution < -0.4 is 9.47 Å². The molecule has 0 aromatic heterocycles. The molecular formula is C28H29ClN2O5S. The molecule has 0 radical (unpaired) electrons. The Labute approximate surface area is 226 Å². The molecule has 2 heterocycles. The van der Waals surface area contributed by atoms with Gasteiger partial charge in [-0.2, -0.15) is 0 Å². The minimum absolute atomic E-state index is 0.194. The normalized spacial score (nSPS) is 16.9. The number of hydrogen-bond donors (Lipinski definition) is 0. The molecule has 0 N–H and O–H groups in total. The quantitative estimate of drug-likeness (QED) is 0.300. The number of halogens is 1. The molecule has 37 heavy (non-hydrogen) atoms. The van der Waals surface area contributed by atoms with E-state index in [0.717, 1.165) is 47.1 Å². The summed E-state index contributed by atoms with van der Waals surface area (Å²) < 4.78 is 11.7. The summed E-state index contributed by atoms with van der Waals surface area (Å²) in [6.45, 7) is 5.27. The van der Waals surface area contributed by atoms with E-state index in [9.17, 15) is 14.4 Å². The number of likely N-dealkylation sites (tertiary alicyclic amines) is 1. The molecule has 7 nitrogen and oxygen atoms in total. The Bertz CT molecular complexity index is 1220. The SMILES string of the molecule is C=CCc1cc(/C=C2\SC(=O)N(CC(=O)N3CCCCC3)C2=O)cc(OC)c1OCc1ccc(Cl)cc1. The van der Waals surface area contributed by atoms with Crippen molar-refractivity contribution in [3.63, 3.8) is 0 Å². The van der Waals surface area contributed by atoms with Crippen molar-refractivity contribution in [1.29, 1.82) is 0 Å². The molecule has 9 heteroatoms. The van der Waals surface area contributed by atoms with Gasteiger partial charge in [-0.25, -0.2) is 0 Å². The summed E-state index contributed by atoms with van der Waals surface area (Å²) in [7, 11) is 1.55. The van der Waals surface area contributed by atoms with E-state index in [1.54, 1.807) is 42.4 Å². The van der Waals surface area contributed by atoms with Crippen LogP contribution in [0.15, 0.2) is 54.0 Å². The Hall–Kier alpha value is -3.23. The lowest BCUT2D eigenvalue weighted by Gasteiger charge is -2.27. The van der Waals surface area contributed by atoms with E-state index in [-0.39, 0.29) is 17.4 Å². The van der Waals surface area contributed by atoms with Gasteiger partial charge in [-0.1, -0.05) is 29.8 Å². The zero-order valence-electron chi connectivity index (χ0n) is 20.7. The molecule has 2 aliphatic rings. The number of methoxy groups -OCH3 is 1. The number of carbonyl (C=O) groups is 3. The first-order valence-corrected chi connectivity index (χ1v) is 13.3. The second-order valence-electron chi connectivity index (χ2n) is 8.83. The molecule has 4 rings (SSSR count). The van der Waals surface area contributed by atoms with Gasteiger partial charge in [0.2, 0.25) is 5.91 Å². The van der Waals surface area contributed by atoms with Crippen molar-refractivity contribution in [3.05, 3.63) is 75.7 Å². The maximum absolute atomic E-state index is 13.0. The first-order chi connectivity index (χ1) is 17.9. The van der Waals surface area contributed by atoms with E-state index >= 15 is 0 Å². The molecule has 0 saturated carbocycles. The second kappa shape index (κ2) is 12.3. The average Bonchev–Trinajstić information content (AvgIpc) is 3.16. The number of rotatable bonds is 9. The van der Waals surface area contributed by atoms with Gasteiger partial charge < -0.3 is 14.4 Å². The zero-order chi connectivity index (χ0) is 26.4. The van der Waals surface area contributed by atoms with Crippen LogP contribution >= 0.6 is 23.4 Å². The Morgan fingerprint density at radius 2 is 1.86 bits per heavy atom. The Morgan fingerprint density at radius 3 is 2.54 bits per heavy atom. The van der Waals surface area contributed by atoms with Gasteiger partial charge in [-0.05, 0) is 78.9 Å². The van der Waals surface area contributed by atoms with Gasteiger partial charge in [0.05, 0.1) is 12.0 Å². The highest BCUT2D eigenvalue weighted by molar-refractivity contribution is 8.18. The lowest BCUT2D eigenvalue weighted by atomic mass is 10.0. The monoisotopic (exact) mass is 540 g/mol. The van der Waals surface area contributed by atoms with Crippen LogP contribution in [0.25, 0.3) is 6.08 Å². The number of carbonyl (C=O) groups excluding carboxylic acids is 3. The summed E-state index contributed by atoms with van der Waals surface area (Å²) in [5.41, 5.74) is 2.46. The average molecular weight is 541 g/mol. The number of nitrogens with zero attached hydrogens (tertiary/aromatic N) is 2. The van der Waals surface area contributed by atoms with E-state index < -0.39 is 11.1 Å². The third-order valence-corrected chi connectivity index (χ3v) is 7.37. The fraction of sp³-hybridized carbons (Fsp3) is 0.321. The van der Waals surface area contributed by atoms with Crippen molar-refractivity contribution in [2.45, 2.75) is 32.3 Å². The van der Waals surface area contributed by atoms with Crippen molar-refractivity contribution >= 4 is 46.5 Å². The summed E-state index contributed by atoms with van der Waals surface area (Å²) in [6.07, 6.45) is 6.90. The highest BCUT2D eigenvalue weighted by atomic mass is 35.5. The molecule has 194 valence electrons. The van der Waals surface area contributed by atoms with E-state index in [1.165, 1.54) is 0 Å². The summed E-state index contributed by atoms with van der Waals surface area (Å²) in [5.74, 6) is 0.418. The van der Waals surface area contributed by atoms with Crippen molar-refractivity contribution in [2.24, 2.45) is 0 Å². The second-order valence-corrected chi connectivity index (χ2v) is 10.3. The highest BCUT2D eigenvalue weighted by Crippen LogP contribution is 2.37. The summed E-state index contributed by atoms with van der Waals surface area (Å²) in [5, 5.41) is 0.209. The summed E-state index contributed by atoms with van der Waals surface area (Å²) in [4.78, 5) is 41.2. The molecule has 2 saturated heterocycles. The predicted molar refractivity (Wildman–Crippen MR) is 146 cm³/mol. The summed E-state index contributed by atoms with van der Waals surface area (Å²) >= 11 is 6.81. The third-order valence-electron chi connectivity index (χ3n) is 6.21. The summed E-state index contributed by atoms with van der Waals surface area (Å²) in [6, 6.07) is 11.0. The van der Waals surface area contributed by atoms with Gasteiger partial charge >= 0.3 is 0 Å². The smallest absolute Gasteiger partial charge is 0.294 e. The van der Waals surface area contributed by atoms with Gasteiger partial charge in [0, 0.05) is 23.7 Å². The van der Waals surface area contributed by atoms with Gasteiger partial charge in [-0.15, -0.1) is 6.58 Å². The maximum atomic E-state index is 13.0. The molecular weight excluding hydrogens is 512 g/mol. The molecule has 2 aliphatic heterocycles. The number of benzene rings is 2. The van der Waals surface area contributed by atoms with E-state index in [0.29, 0.717) is 48.2 Å². The number of allylic oxidation sites excluding steroid dienone is 1. The van der Waals surface area contributed by atoms with Gasteiger partial charge in [-0.3, -0.25) is 19.3 Å². The number of hydrogen-bond acceptors (Lipinski definition) is 6. The van der Waals surface area contributed by atoms with Crippen LogP contribution in [0.2, 0.25) is 5.02 Å². The van der Waals surface area contributed by atoms with Crippen LogP contribution in [0, 0.1) is 0 Å². The maximum Gasteiger partial charge on any atom is 0.294 e. The fourth-order valence-electron chi connectivity index (χ4n) is 4.29. The number of amides is 3. The number of thioether (sulfide) groups is 1. The molecule has 0 atom stereocenters. The molecule has 2 aromatic carbocycles. The van der Waals surface area contributed by atoms with Crippen molar-refractivity contribution in [3.8, 4) is 11.5 Å². The molecule has 2 fully saturated rings. The standard InChI is InChI=1S/C28H29ClN2O5S/c1-3-7-21-14-20(15-23(35-2)26(21)36-18-19-8-10-22(29)11-9-19)16-24-27(33)31(28(34)37-24)17-25(32)30-12-5-4-6-13-30/h3,8-11,14-16H,1,4-7,12-13,17-18H2,2H3/b24-16-. The molecule has 0 unspecified atom stereocenters. The Kier molecular flexibility index (Phi) is 8.95. The number of imide groups is 1. The zero-order valence-corrected chi connectivity index (χ0v) is 22.3.